The summed E-state index contributed by atoms with van der Waals surface area (Å²) < 4.78 is 0. The van der Waals surface area contributed by atoms with Crippen LogP contribution in [0.5, 0.6) is 0 Å². The molecule has 1 atom stereocenters. The Balaban J connectivity index is 3.78. The van der Waals surface area contributed by atoms with Gasteiger partial charge in [0.1, 0.15) is 0 Å². The highest BCUT2D eigenvalue weighted by atomic mass is 16.4. The number of carbonyl (C=O) groups excluding carboxylic acids is 1. The summed E-state index contributed by atoms with van der Waals surface area (Å²) in [6.45, 7) is 6.24. The van der Waals surface area contributed by atoms with Crippen molar-refractivity contribution in [2.75, 3.05) is 0 Å². The van der Waals surface area contributed by atoms with Gasteiger partial charge in [-0.25, -0.2) is 0 Å². The topological polar surface area (TPSA) is 40.1 Å². The maximum Gasteiger partial charge on any atom is 0.0473 e. The summed E-state index contributed by atoms with van der Waals surface area (Å²) in [7, 11) is 0. The Bertz CT molecular complexity index is 225. The van der Waals surface area contributed by atoms with Crippen LogP contribution >= 0.6 is 0 Å². The molecule has 0 N–H and O–H groups in total. The smallest absolute Gasteiger partial charge is 0.0473 e. The van der Waals surface area contributed by atoms with Crippen molar-refractivity contribution in [3.05, 3.63) is 0 Å². The molecule has 2 nitrogen and oxygen atoms in total. The van der Waals surface area contributed by atoms with E-state index in [1.54, 1.807) is 0 Å². The third-order valence-corrected chi connectivity index (χ3v) is 4.16. The van der Waals surface area contributed by atoms with Gasteiger partial charge in [-0.15, -0.1) is 0 Å². The minimum absolute atomic E-state index is 0.599. The molecule has 0 aromatic carbocycles. The Morgan fingerprint density at radius 1 is 0.789 bits per heavy atom. The van der Waals surface area contributed by atoms with Crippen LogP contribution in [0.1, 0.15) is 97.8 Å². The maximum absolute atomic E-state index is 11.3. The number of hydrogen-bond acceptors (Lipinski definition) is 2. The molecule has 0 radical (unpaired) electrons. The standard InChI is InChI=1S/C17H34O2/c1-4-6-8-9-10-11-13-15-17(3,16(18)19)14-12-7-5-2/h4-15H2,1-3H3,(H,18,19)/p-1. The zero-order chi connectivity index (χ0) is 14.6. The molecule has 0 rings (SSSR count). The van der Waals surface area contributed by atoms with Crippen LogP contribution in [0.15, 0.2) is 0 Å². The molecule has 0 aliphatic heterocycles. The van der Waals surface area contributed by atoms with Crippen molar-refractivity contribution in [2.24, 2.45) is 5.41 Å². The summed E-state index contributed by atoms with van der Waals surface area (Å²) in [5.41, 5.74) is -0.599. The van der Waals surface area contributed by atoms with E-state index in [9.17, 15) is 9.90 Å². The molecule has 19 heavy (non-hydrogen) atoms. The van der Waals surface area contributed by atoms with Gasteiger partial charge in [-0.05, 0) is 12.8 Å². The van der Waals surface area contributed by atoms with Crippen molar-refractivity contribution in [1.82, 2.24) is 0 Å². The highest BCUT2D eigenvalue weighted by molar-refractivity contribution is 5.71. The van der Waals surface area contributed by atoms with Crippen molar-refractivity contribution >= 4 is 5.97 Å². The third-order valence-electron chi connectivity index (χ3n) is 4.16. The Morgan fingerprint density at radius 2 is 1.16 bits per heavy atom. The SMILES string of the molecule is CCCCCCCCCC(C)(CCCCC)C(=O)[O-]. The first-order valence-electron chi connectivity index (χ1n) is 8.28. The molecule has 114 valence electrons. The van der Waals surface area contributed by atoms with Gasteiger partial charge in [0.05, 0.1) is 0 Å². The largest absolute Gasteiger partial charge is 0.550 e. The van der Waals surface area contributed by atoms with Crippen molar-refractivity contribution in [2.45, 2.75) is 97.8 Å². The molecule has 0 bridgehead atoms. The van der Waals surface area contributed by atoms with Crippen molar-refractivity contribution < 1.29 is 9.90 Å². The Hall–Kier alpha value is -0.530. The summed E-state index contributed by atoms with van der Waals surface area (Å²) in [6.07, 6.45) is 13.5. The highest BCUT2D eigenvalue weighted by Gasteiger charge is 2.24. The van der Waals surface area contributed by atoms with Gasteiger partial charge in [-0.2, -0.15) is 0 Å². The van der Waals surface area contributed by atoms with Crippen LogP contribution in [0, 0.1) is 5.41 Å². The first-order valence-corrected chi connectivity index (χ1v) is 8.28. The van der Waals surface area contributed by atoms with Gasteiger partial charge in [0.2, 0.25) is 0 Å². The predicted octanol–water partition coefficient (Wildman–Crippen LogP) is 4.46. The zero-order valence-electron chi connectivity index (χ0n) is 13.3. The normalized spacial score (nSPS) is 14.3. The third kappa shape index (κ3) is 9.07. The fourth-order valence-electron chi connectivity index (χ4n) is 2.57. The molecule has 0 saturated carbocycles. The van der Waals surface area contributed by atoms with Crippen LogP contribution in [-0.2, 0) is 4.79 Å². The summed E-state index contributed by atoms with van der Waals surface area (Å²) >= 11 is 0. The van der Waals surface area contributed by atoms with Crippen LogP contribution in [0.4, 0.5) is 0 Å². The molecule has 0 spiro atoms. The molecule has 0 saturated heterocycles. The number of carboxylic acids is 1. The van der Waals surface area contributed by atoms with E-state index in [0.29, 0.717) is 0 Å². The molecule has 1 unspecified atom stereocenters. The second kappa shape index (κ2) is 11.3. The van der Waals surface area contributed by atoms with Crippen LogP contribution in [0.25, 0.3) is 0 Å². The molecule has 0 fully saturated rings. The average Bonchev–Trinajstić information content (AvgIpc) is 2.38. The minimum Gasteiger partial charge on any atom is -0.550 e. The molecular weight excluding hydrogens is 236 g/mol. The number of unbranched alkanes of at least 4 members (excludes halogenated alkanes) is 8. The van der Waals surface area contributed by atoms with Gasteiger partial charge in [0, 0.05) is 11.4 Å². The minimum atomic E-state index is -0.852. The maximum atomic E-state index is 11.3. The Kier molecular flexibility index (Phi) is 11.0. The second-order valence-corrected chi connectivity index (χ2v) is 6.18. The van der Waals surface area contributed by atoms with E-state index in [2.05, 4.69) is 13.8 Å². The van der Waals surface area contributed by atoms with E-state index in [0.717, 1.165) is 38.5 Å². The van der Waals surface area contributed by atoms with Gasteiger partial charge in [-0.3, -0.25) is 0 Å². The van der Waals surface area contributed by atoms with E-state index < -0.39 is 11.4 Å². The Morgan fingerprint density at radius 3 is 1.63 bits per heavy atom. The number of rotatable bonds is 13. The lowest BCUT2D eigenvalue weighted by Crippen LogP contribution is -2.40. The molecule has 0 aromatic heterocycles. The molecule has 0 heterocycles. The van der Waals surface area contributed by atoms with Gasteiger partial charge in [-0.1, -0.05) is 85.0 Å². The molecule has 2 heteroatoms. The first kappa shape index (κ1) is 18.5. The first-order chi connectivity index (χ1) is 9.06. The van der Waals surface area contributed by atoms with Gasteiger partial charge in [0.25, 0.3) is 0 Å². The average molecular weight is 269 g/mol. The molecule has 0 aromatic rings. The summed E-state index contributed by atoms with van der Waals surface area (Å²) in [5.74, 6) is -0.852. The number of carboxylic acid groups (broad SMARTS) is 1. The fourth-order valence-corrected chi connectivity index (χ4v) is 2.57. The van der Waals surface area contributed by atoms with Crippen LogP contribution in [0.2, 0.25) is 0 Å². The lowest BCUT2D eigenvalue weighted by atomic mass is 9.80. The molecule has 0 aliphatic rings. The van der Waals surface area contributed by atoms with Crippen LogP contribution in [0.3, 0.4) is 0 Å². The Labute approximate surface area is 120 Å². The predicted molar refractivity (Wildman–Crippen MR) is 79.9 cm³/mol. The van der Waals surface area contributed by atoms with E-state index in [4.69, 9.17) is 0 Å². The van der Waals surface area contributed by atoms with E-state index in [-0.39, 0.29) is 0 Å². The van der Waals surface area contributed by atoms with E-state index in [1.807, 2.05) is 6.92 Å². The summed E-state index contributed by atoms with van der Waals surface area (Å²) in [6, 6.07) is 0. The zero-order valence-corrected chi connectivity index (χ0v) is 13.3. The quantitative estimate of drug-likeness (QED) is 0.463. The van der Waals surface area contributed by atoms with Crippen LogP contribution < -0.4 is 5.11 Å². The molecule has 0 amide bonds. The van der Waals surface area contributed by atoms with Gasteiger partial charge >= 0.3 is 0 Å². The lowest BCUT2D eigenvalue weighted by Gasteiger charge is -2.31. The van der Waals surface area contributed by atoms with Crippen molar-refractivity contribution in [1.29, 1.82) is 0 Å². The summed E-state index contributed by atoms with van der Waals surface area (Å²) in [4.78, 5) is 11.3. The lowest BCUT2D eigenvalue weighted by molar-refractivity contribution is -0.319. The van der Waals surface area contributed by atoms with Crippen molar-refractivity contribution in [3.8, 4) is 0 Å². The number of aliphatic carboxylic acids is 1. The monoisotopic (exact) mass is 269 g/mol. The van der Waals surface area contributed by atoms with Crippen LogP contribution in [-0.4, -0.2) is 5.97 Å². The molecular formula is C17H33O2-. The van der Waals surface area contributed by atoms with Crippen molar-refractivity contribution in [3.63, 3.8) is 0 Å². The number of carbonyl (C=O) groups is 1. The molecule has 0 aliphatic carbocycles. The second-order valence-electron chi connectivity index (χ2n) is 6.18. The van der Waals surface area contributed by atoms with E-state index in [1.165, 1.54) is 38.5 Å². The highest BCUT2D eigenvalue weighted by Crippen LogP contribution is 2.30. The van der Waals surface area contributed by atoms with Gasteiger partial charge < -0.3 is 9.90 Å². The van der Waals surface area contributed by atoms with E-state index >= 15 is 0 Å². The summed E-state index contributed by atoms with van der Waals surface area (Å²) in [5, 5.41) is 11.3. The fraction of sp³-hybridized carbons (Fsp3) is 0.941. The van der Waals surface area contributed by atoms with Gasteiger partial charge in [0.15, 0.2) is 0 Å². The number of hydrogen-bond donors (Lipinski definition) is 0.